The van der Waals surface area contributed by atoms with Crippen LogP contribution in [0, 0.1) is 0 Å². The quantitative estimate of drug-likeness (QED) is 0.754. The molecular formula is C19H19NO. The molecule has 0 bridgehead atoms. The summed E-state index contributed by atoms with van der Waals surface area (Å²) in [6.07, 6.45) is 0.799. The van der Waals surface area contributed by atoms with E-state index >= 15 is 0 Å². The fourth-order valence-corrected chi connectivity index (χ4v) is 2.48. The summed E-state index contributed by atoms with van der Waals surface area (Å²) in [5, 5.41) is 2.34. The Labute approximate surface area is 125 Å². The minimum absolute atomic E-state index is 0.0150. The number of hydrogen-bond donors (Lipinski definition) is 1. The highest BCUT2D eigenvalue weighted by molar-refractivity contribution is 5.88. The lowest BCUT2D eigenvalue weighted by Gasteiger charge is -2.14. The maximum atomic E-state index is 6.19. The molecule has 0 aliphatic carbocycles. The summed E-state index contributed by atoms with van der Waals surface area (Å²) in [6, 6.07) is 24.5. The Kier molecular flexibility index (Phi) is 4.17. The van der Waals surface area contributed by atoms with Crippen molar-refractivity contribution in [1.29, 1.82) is 0 Å². The SMILES string of the molecule is NC(CCOc1cccc2ccccc12)c1ccccc1. The number of hydrogen-bond acceptors (Lipinski definition) is 2. The highest BCUT2D eigenvalue weighted by Crippen LogP contribution is 2.25. The molecule has 2 heteroatoms. The van der Waals surface area contributed by atoms with Gasteiger partial charge in [0.05, 0.1) is 6.61 Å². The van der Waals surface area contributed by atoms with E-state index in [4.69, 9.17) is 10.5 Å². The van der Waals surface area contributed by atoms with Crippen molar-refractivity contribution in [2.24, 2.45) is 5.73 Å². The average molecular weight is 277 g/mol. The zero-order valence-corrected chi connectivity index (χ0v) is 11.9. The van der Waals surface area contributed by atoms with E-state index in [-0.39, 0.29) is 6.04 Å². The molecule has 0 saturated heterocycles. The van der Waals surface area contributed by atoms with Gasteiger partial charge in [-0.1, -0.05) is 66.7 Å². The van der Waals surface area contributed by atoms with Gasteiger partial charge in [0.1, 0.15) is 5.75 Å². The zero-order chi connectivity index (χ0) is 14.5. The van der Waals surface area contributed by atoms with Crippen LogP contribution in [-0.4, -0.2) is 6.61 Å². The second kappa shape index (κ2) is 6.42. The van der Waals surface area contributed by atoms with Gasteiger partial charge >= 0.3 is 0 Å². The smallest absolute Gasteiger partial charge is 0.127 e. The fourth-order valence-electron chi connectivity index (χ4n) is 2.48. The van der Waals surface area contributed by atoms with Gasteiger partial charge in [-0.2, -0.15) is 0 Å². The van der Waals surface area contributed by atoms with Gasteiger partial charge in [0, 0.05) is 17.8 Å². The molecule has 2 nitrogen and oxygen atoms in total. The summed E-state index contributed by atoms with van der Waals surface area (Å²) in [6.45, 7) is 0.615. The van der Waals surface area contributed by atoms with Gasteiger partial charge < -0.3 is 10.5 Å². The Bertz CT molecular complexity index is 704. The highest BCUT2D eigenvalue weighted by atomic mass is 16.5. The van der Waals surface area contributed by atoms with Gasteiger partial charge in [-0.3, -0.25) is 0 Å². The summed E-state index contributed by atoms with van der Waals surface area (Å²) in [5.74, 6) is 0.924. The summed E-state index contributed by atoms with van der Waals surface area (Å²) in [4.78, 5) is 0. The minimum Gasteiger partial charge on any atom is -0.493 e. The molecule has 2 N–H and O–H groups in total. The van der Waals surface area contributed by atoms with Gasteiger partial charge in [-0.15, -0.1) is 0 Å². The van der Waals surface area contributed by atoms with E-state index in [9.17, 15) is 0 Å². The predicted octanol–water partition coefficient (Wildman–Crippen LogP) is 4.31. The molecule has 0 amide bonds. The van der Waals surface area contributed by atoms with E-state index in [0.717, 1.165) is 23.1 Å². The molecule has 3 aromatic carbocycles. The molecule has 3 rings (SSSR count). The van der Waals surface area contributed by atoms with Gasteiger partial charge in [-0.05, 0) is 17.0 Å². The molecule has 0 fully saturated rings. The summed E-state index contributed by atoms with van der Waals surface area (Å²) >= 11 is 0. The first kappa shape index (κ1) is 13.7. The van der Waals surface area contributed by atoms with Gasteiger partial charge in [-0.25, -0.2) is 0 Å². The Morgan fingerprint density at radius 1 is 0.810 bits per heavy atom. The normalized spacial score (nSPS) is 12.2. The van der Waals surface area contributed by atoms with Crippen molar-refractivity contribution in [1.82, 2.24) is 0 Å². The number of rotatable bonds is 5. The molecule has 0 radical (unpaired) electrons. The topological polar surface area (TPSA) is 35.2 Å². The highest BCUT2D eigenvalue weighted by Gasteiger charge is 2.06. The first-order valence-electron chi connectivity index (χ1n) is 7.26. The molecule has 0 aliphatic heterocycles. The van der Waals surface area contributed by atoms with Crippen LogP contribution >= 0.6 is 0 Å². The molecule has 3 aromatic rings. The average Bonchev–Trinajstić information content (AvgIpc) is 2.56. The van der Waals surface area contributed by atoms with Gasteiger partial charge in [0.2, 0.25) is 0 Å². The van der Waals surface area contributed by atoms with E-state index in [2.05, 4.69) is 30.3 Å². The first-order chi connectivity index (χ1) is 10.3. The summed E-state index contributed by atoms with van der Waals surface area (Å²) in [5.41, 5.74) is 7.34. The largest absolute Gasteiger partial charge is 0.493 e. The lowest BCUT2D eigenvalue weighted by Crippen LogP contribution is -2.14. The number of fused-ring (bicyclic) bond motifs is 1. The number of nitrogens with two attached hydrogens (primary N) is 1. The lowest BCUT2D eigenvalue weighted by atomic mass is 10.1. The van der Waals surface area contributed by atoms with Crippen molar-refractivity contribution in [2.75, 3.05) is 6.61 Å². The van der Waals surface area contributed by atoms with Crippen LogP contribution in [0.4, 0.5) is 0 Å². The molecule has 0 aliphatic rings. The zero-order valence-electron chi connectivity index (χ0n) is 11.9. The Balaban J connectivity index is 1.65. The monoisotopic (exact) mass is 277 g/mol. The fraction of sp³-hybridized carbons (Fsp3) is 0.158. The van der Waals surface area contributed by atoms with Crippen LogP contribution in [0.2, 0.25) is 0 Å². The van der Waals surface area contributed by atoms with Crippen molar-refractivity contribution < 1.29 is 4.74 Å². The third kappa shape index (κ3) is 3.23. The second-order valence-electron chi connectivity index (χ2n) is 5.13. The van der Waals surface area contributed by atoms with E-state index in [1.807, 2.05) is 42.5 Å². The molecule has 21 heavy (non-hydrogen) atoms. The van der Waals surface area contributed by atoms with Crippen LogP contribution in [0.15, 0.2) is 72.8 Å². The summed E-state index contributed by atoms with van der Waals surface area (Å²) in [7, 11) is 0. The van der Waals surface area contributed by atoms with E-state index in [0.29, 0.717) is 6.61 Å². The van der Waals surface area contributed by atoms with Crippen molar-refractivity contribution in [3.8, 4) is 5.75 Å². The molecule has 106 valence electrons. The third-order valence-electron chi connectivity index (χ3n) is 3.66. The number of benzene rings is 3. The van der Waals surface area contributed by atoms with Crippen molar-refractivity contribution >= 4 is 10.8 Å². The first-order valence-corrected chi connectivity index (χ1v) is 7.26. The van der Waals surface area contributed by atoms with Gasteiger partial charge in [0.15, 0.2) is 0 Å². The molecule has 0 aromatic heterocycles. The number of ether oxygens (including phenoxy) is 1. The molecule has 0 saturated carbocycles. The van der Waals surface area contributed by atoms with E-state index < -0.39 is 0 Å². The van der Waals surface area contributed by atoms with Crippen molar-refractivity contribution in [3.05, 3.63) is 78.4 Å². The van der Waals surface area contributed by atoms with Crippen LogP contribution < -0.4 is 10.5 Å². The maximum Gasteiger partial charge on any atom is 0.127 e. The summed E-state index contributed by atoms with van der Waals surface area (Å²) < 4.78 is 5.93. The Hall–Kier alpha value is -2.32. The van der Waals surface area contributed by atoms with Crippen LogP contribution in [0.1, 0.15) is 18.0 Å². The Morgan fingerprint density at radius 3 is 2.38 bits per heavy atom. The molecule has 1 atom stereocenters. The predicted molar refractivity (Wildman–Crippen MR) is 87.4 cm³/mol. The van der Waals surface area contributed by atoms with E-state index in [1.165, 1.54) is 5.39 Å². The van der Waals surface area contributed by atoms with Gasteiger partial charge in [0.25, 0.3) is 0 Å². The maximum absolute atomic E-state index is 6.19. The van der Waals surface area contributed by atoms with Crippen LogP contribution in [0.5, 0.6) is 5.75 Å². The third-order valence-corrected chi connectivity index (χ3v) is 3.66. The van der Waals surface area contributed by atoms with Crippen LogP contribution in [0.25, 0.3) is 10.8 Å². The minimum atomic E-state index is 0.0150. The standard InChI is InChI=1S/C19H19NO/c20-18(16-8-2-1-3-9-16)13-14-21-19-12-6-10-15-7-4-5-11-17(15)19/h1-12,18H,13-14,20H2. The van der Waals surface area contributed by atoms with E-state index in [1.54, 1.807) is 0 Å². The molecule has 1 unspecified atom stereocenters. The van der Waals surface area contributed by atoms with Crippen molar-refractivity contribution in [3.63, 3.8) is 0 Å². The molecular weight excluding hydrogens is 258 g/mol. The Morgan fingerprint density at radius 2 is 1.52 bits per heavy atom. The van der Waals surface area contributed by atoms with Crippen LogP contribution in [0.3, 0.4) is 0 Å². The van der Waals surface area contributed by atoms with Crippen LogP contribution in [-0.2, 0) is 0 Å². The lowest BCUT2D eigenvalue weighted by molar-refractivity contribution is 0.302. The van der Waals surface area contributed by atoms with Crippen molar-refractivity contribution in [2.45, 2.75) is 12.5 Å². The molecule has 0 spiro atoms. The second-order valence-corrected chi connectivity index (χ2v) is 5.13. The molecule has 0 heterocycles.